The van der Waals surface area contributed by atoms with Crippen LogP contribution in [0.3, 0.4) is 0 Å². The lowest BCUT2D eigenvalue weighted by molar-refractivity contribution is -0.118. The summed E-state index contributed by atoms with van der Waals surface area (Å²) in [7, 11) is 0. The Bertz CT molecular complexity index is 976. The lowest BCUT2D eigenvalue weighted by Crippen LogP contribution is -2.16. The number of rotatable bonds is 12. The molecular formula is C31H46O3S. The van der Waals surface area contributed by atoms with Crippen molar-refractivity contribution in [1.29, 1.82) is 0 Å². The van der Waals surface area contributed by atoms with Crippen LogP contribution in [-0.4, -0.2) is 15.7 Å². The average Bonchev–Trinajstić information content (AvgIpc) is 2.76. The van der Waals surface area contributed by atoms with Gasteiger partial charge in [-0.2, -0.15) is 0 Å². The Morgan fingerprint density at radius 2 is 1.20 bits per heavy atom. The van der Waals surface area contributed by atoms with Gasteiger partial charge in [0.15, 0.2) is 0 Å². The van der Waals surface area contributed by atoms with Crippen molar-refractivity contribution in [3.63, 3.8) is 0 Å². The highest BCUT2D eigenvalue weighted by Gasteiger charge is 2.21. The van der Waals surface area contributed by atoms with Crippen LogP contribution < -0.4 is 4.18 Å². The van der Waals surface area contributed by atoms with E-state index < -0.39 is 11.1 Å². The first-order chi connectivity index (χ1) is 16.3. The van der Waals surface area contributed by atoms with Crippen LogP contribution in [0.2, 0.25) is 0 Å². The molecule has 0 spiro atoms. The van der Waals surface area contributed by atoms with Gasteiger partial charge in [-0.3, -0.25) is 4.79 Å². The summed E-state index contributed by atoms with van der Waals surface area (Å²) in [6.07, 6.45) is 0.630. The Labute approximate surface area is 216 Å². The minimum absolute atomic E-state index is 0.115. The smallest absolute Gasteiger partial charge is 0.206 e. The lowest BCUT2D eigenvalue weighted by atomic mass is 9.82. The summed E-state index contributed by atoms with van der Waals surface area (Å²) < 4.78 is 18.9. The summed E-state index contributed by atoms with van der Waals surface area (Å²) in [6, 6.07) is 10.7. The fourth-order valence-electron chi connectivity index (χ4n) is 4.51. The molecule has 0 aromatic heterocycles. The van der Waals surface area contributed by atoms with E-state index in [-0.39, 0.29) is 29.8 Å². The van der Waals surface area contributed by atoms with Gasteiger partial charge in [0.1, 0.15) is 11.5 Å². The molecule has 2 rings (SSSR count). The molecule has 194 valence electrons. The minimum atomic E-state index is -1.56. The van der Waals surface area contributed by atoms with Crippen LogP contribution in [0, 0.1) is 0 Å². The summed E-state index contributed by atoms with van der Waals surface area (Å²) in [5.74, 6) is 2.70. The van der Waals surface area contributed by atoms with Crippen molar-refractivity contribution >= 4 is 16.9 Å². The largest absolute Gasteiger partial charge is 0.400 e. The summed E-state index contributed by atoms with van der Waals surface area (Å²) >= 11 is -1.56. The quantitative estimate of drug-likeness (QED) is 0.294. The van der Waals surface area contributed by atoms with E-state index in [1.165, 1.54) is 16.7 Å². The van der Waals surface area contributed by atoms with E-state index in [2.05, 4.69) is 81.4 Å². The highest BCUT2D eigenvalue weighted by Crippen LogP contribution is 2.35. The molecule has 0 N–H and O–H groups in total. The molecule has 0 aliphatic heterocycles. The second-order valence-electron chi connectivity index (χ2n) is 11.3. The van der Waals surface area contributed by atoms with Gasteiger partial charge in [-0.1, -0.05) is 99.6 Å². The first kappa shape index (κ1) is 29.3. The van der Waals surface area contributed by atoms with Crippen LogP contribution in [0.25, 0.3) is 0 Å². The van der Waals surface area contributed by atoms with Crippen LogP contribution >= 0.6 is 0 Å². The maximum Gasteiger partial charge on any atom is 0.206 e. The Hall–Kier alpha value is -1.94. The highest BCUT2D eigenvalue weighted by molar-refractivity contribution is 7.80. The molecule has 0 fully saturated rings. The Balaban J connectivity index is 2.20. The molecule has 0 aliphatic carbocycles. The molecule has 1 unspecified atom stereocenters. The summed E-state index contributed by atoms with van der Waals surface area (Å²) in [5.41, 5.74) is 7.13. The second kappa shape index (κ2) is 12.9. The standard InChI is InChI=1S/C31H46O3S/c1-19(2)24-16-28(22(7)8)30(29(17-24)23(9)10)18-25(32)14-15-35(33)34-31-26(20(3)4)12-11-13-27(31)21(5)6/h11-13,16-17,19-23H,14-15,18H2,1-10H3. The highest BCUT2D eigenvalue weighted by atomic mass is 32.2. The fourth-order valence-corrected chi connectivity index (χ4v) is 5.36. The maximum absolute atomic E-state index is 13.1. The van der Waals surface area contributed by atoms with E-state index >= 15 is 0 Å². The van der Waals surface area contributed by atoms with Crippen LogP contribution in [0.15, 0.2) is 30.3 Å². The van der Waals surface area contributed by atoms with Crippen LogP contribution in [0.5, 0.6) is 5.75 Å². The monoisotopic (exact) mass is 498 g/mol. The van der Waals surface area contributed by atoms with E-state index in [4.69, 9.17) is 4.18 Å². The number of hydrogen-bond acceptors (Lipinski definition) is 3. The molecule has 0 saturated heterocycles. The maximum atomic E-state index is 13.1. The molecule has 35 heavy (non-hydrogen) atoms. The number of ketones is 1. The van der Waals surface area contributed by atoms with Crippen LogP contribution in [0.4, 0.5) is 0 Å². The van der Waals surface area contributed by atoms with Gasteiger partial charge in [-0.25, -0.2) is 4.21 Å². The lowest BCUT2D eigenvalue weighted by Gasteiger charge is -2.22. The van der Waals surface area contributed by atoms with Crippen molar-refractivity contribution in [3.8, 4) is 5.75 Å². The van der Waals surface area contributed by atoms with Crippen molar-refractivity contribution in [2.45, 2.75) is 112 Å². The zero-order chi connectivity index (χ0) is 26.4. The van der Waals surface area contributed by atoms with E-state index in [1.54, 1.807) is 0 Å². The molecule has 2 aromatic carbocycles. The van der Waals surface area contributed by atoms with Crippen LogP contribution in [-0.2, 0) is 22.3 Å². The molecule has 0 amide bonds. The third kappa shape index (κ3) is 7.77. The van der Waals surface area contributed by atoms with Gasteiger partial charge in [0.25, 0.3) is 0 Å². The number of Topliss-reactive ketones (excluding diaryl/α,β-unsaturated/α-hetero) is 1. The fraction of sp³-hybridized carbons (Fsp3) is 0.581. The van der Waals surface area contributed by atoms with Gasteiger partial charge in [-0.05, 0) is 63.0 Å². The van der Waals surface area contributed by atoms with E-state index in [0.717, 1.165) is 22.4 Å². The summed E-state index contributed by atoms with van der Waals surface area (Å²) in [6.45, 7) is 21.7. The number of para-hydroxylation sites is 1. The Morgan fingerprint density at radius 1 is 0.743 bits per heavy atom. The first-order valence-electron chi connectivity index (χ1n) is 13.2. The van der Waals surface area contributed by atoms with Crippen molar-refractivity contribution in [1.82, 2.24) is 0 Å². The third-order valence-electron chi connectivity index (χ3n) is 6.67. The molecule has 3 nitrogen and oxygen atoms in total. The minimum Gasteiger partial charge on any atom is -0.400 e. The third-order valence-corrected chi connectivity index (χ3v) is 7.56. The number of benzene rings is 2. The van der Waals surface area contributed by atoms with Gasteiger partial charge in [0.2, 0.25) is 11.1 Å². The van der Waals surface area contributed by atoms with E-state index in [0.29, 0.717) is 24.2 Å². The zero-order valence-corrected chi connectivity index (χ0v) is 24.3. The molecule has 2 aromatic rings. The Kier molecular flexibility index (Phi) is 10.8. The van der Waals surface area contributed by atoms with Gasteiger partial charge in [-0.15, -0.1) is 0 Å². The molecule has 0 bridgehead atoms. The topological polar surface area (TPSA) is 43.4 Å². The summed E-state index contributed by atoms with van der Waals surface area (Å²) in [5, 5.41) is 0. The molecule has 1 atom stereocenters. The SMILES string of the molecule is CC(C)c1cc(C(C)C)c(CC(=O)CCS(=O)Oc2c(C(C)C)cccc2C(C)C)c(C(C)C)c1. The number of carbonyl (C=O) groups excluding carboxylic acids is 1. The predicted octanol–water partition coefficient (Wildman–Crippen LogP) is 8.55. The first-order valence-corrected chi connectivity index (χ1v) is 14.5. The number of carbonyl (C=O) groups is 1. The van der Waals surface area contributed by atoms with Gasteiger partial charge in [0.05, 0.1) is 5.75 Å². The normalized spacial score (nSPS) is 12.9. The van der Waals surface area contributed by atoms with E-state index in [9.17, 15) is 9.00 Å². The average molecular weight is 499 g/mol. The predicted molar refractivity (Wildman–Crippen MR) is 150 cm³/mol. The molecule has 0 aliphatic rings. The zero-order valence-electron chi connectivity index (χ0n) is 23.5. The van der Waals surface area contributed by atoms with Gasteiger partial charge >= 0.3 is 0 Å². The van der Waals surface area contributed by atoms with Crippen molar-refractivity contribution in [2.75, 3.05) is 5.75 Å². The number of hydrogen-bond donors (Lipinski definition) is 0. The molecule has 0 radical (unpaired) electrons. The van der Waals surface area contributed by atoms with Gasteiger partial charge in [0, 0.05) is 12.8 Å². The van der Waals surface area contributed by atoms with Gasteiger partial charge < -0.3 is 4.18 Å². The second-order valence-corrected chi connectivity index (χ2v) is 12.5. The van der Waals surface area contributed by atoms with E-state index in [1.807, 2.05) is 18.2 Å². The van der Waals surface area contributed by atoms with Crippen LogP contribution in [0.1, 0.15) is 139 Å². The summed E-state index contributed by atoms with van der Waals surface area (Å²) in [4.78, 5) is 13.1. The molecule has 0 heterocycles. The van der Waals surface area contributed by atoms with Crippen molar-refractivity contribution in [3.05, 3.63) is 63.7 Å². The van der Waals surface area contributed by atoms with Crippen molar-refractivity contribution < 1.29 is 13.2 Å². The molecular weight excluding hydrogens is 452 g/mol. The Morgan fingerprint density at radius 3 is 1.60 bits per heavy atom. The molecule has 0 saturated carbocycles. The molecule has 4 heteroatoms. The van der Waals surface area contributed by atoms with Crippen molar-refractivity contribution in [2.24, 2.45) is 0 Å².